The summed E-state index contributed by atoms with van der Waals surface area (Å²) in [6.07, 6.45) is 10.4. The van der Waals surface area contributed by atoms with E-state index in [2.05, 4.69) is 67.7 Å². The van der Waals surface area contributed by atoms with Crippen molar-refractivity contribution in [2.45, 2.75) is 19.5 Å². The van der Waals surface area contributed by atoms with E-state index in [1.807, 2.05) is 11.8 Å². The first-order valence-electron chi connectivity index (χ1n) is 7.98. The fourth-order valence-electron chi connectivity index (χ4n) is 4.41. The zero-order valence-corrected chi connectivity index (χ0v) is 19.9. The molecule has 0 radical (unpaired) electrons. The Morgan fingerprint density at radius 2 is 1.76 bits per heavy atom. The van der Waals surface area contributed by atoms with Gasteiger partial charge in [0.15, 0.2) is 0 Å². The minimum Gasteiger partial charge on any atom is -1.00 e. The number of thioether (sulfide) groups is 1. The van der Waals surface area contributed by atoms with E-state index in [1.54, 1.807) is 31.3 Å². The van der Waals surface area contributed by atoms with Crippen LogP contribution < -0.4 is 24.8 Å². The number of rotatable bonds is 2. The van der Waals surface area contributed by atoms with Gasteiger partial charge in [-0.05, 0) is 29.2 Å². The van der Waals surface area contributed by atoms with E-state index in [1.165, 1.54) is 5.56 Å². The SMILES string of the molecule is C[Si]1(C)C2=C(C3=CC=CC3)C=C3SC(c4ccccc4)=C1C32.[Cl-].[Cl-].[Zr+2]. The van der Waals surface area contributed by atoms with E-state index in [-0.39, 0.29) is 51.0 Å². The molecule has 0 nitrogen and oxygen atoms in total. The Hall–Kier alpha value is -0.0500. The van der Waals surface area contributed by atoms with Gasteiger partial charge >= 0.3 is 26.2 Å². The van der Waals surface area contributed by atoms with E-state index in [9.17, 15) is 0 Å². The predicted molar refractivity (Wildman–Crippen MR) is 98.9 cm³/mol. The van der Waals surface area contributed by atoms with Gasteiger partial charge in [0.1, 0.15) is 8.07 Å². The Morgan fingerprint density at radius 1 is 1.04 bits per heavy atom. The van der Waals surface area contributed by atoms with Gasteiger partial charge in [0.05, 0.1) is 0 Å². The first-order chi connectivity index (χ1) is 10.7. The third kappa shape index (κ3) is 2.91. The third-order valence-corrected chi connectivity index (χ3v) is 10.6. The molecule has 0 spiro atoms. The summed E-state index contributed by atoms with van der Waals surface area (Å²) in [5, 5.41) is 3.58. The van der Waals surface area contributed by atoms with Gasteiger partial charge in [0.25, 0.3) is 0 Å². The number of hydrogen-bond donors (Lipinski definition) is 0. The molecule has 2 aliphatic carbocycles. The fraction of sp³-hybridized carbons (Fsp3) is 0.200. The number of benzene rings is 1. The monoisotopic (exact) mass is 478 g/mol. The van der Waals surface area contributed by atoms with Crippen LogP contribution in [0.25, 0.3) is 4.91 Å². The smallest absolute Gasteiger partial charge is 1.00 e. The van der Waals surface area contributed by atoms with Crippen LogP contribution in [0, 0.1) is 5.92 Å². The molecule has 1 unspecified atom stereocenters. The summed E-state index contributed by atoms with van der Waals surface area (Å²) in [4.78, 5) is 3.15. The summed E-state index contributed by atoms with van der Waals surface area (Å²) < 4.78 is 0. The summed E-state index contributed by atoms with van der Waals surface area (Å²) >= 11 is 2.04. The molecule has 1 aromatic carbocycles. The van der Waals surface area contributed by atoms with E-state index in [0.29, 0.717) is 5.92 Å². The van der Waals surface area contributed by atoms with Crippen molar-refractivity contribution in [3.8, 4) is 0 Å². The third-order valence-electron chi connectivity index (χ3n) is 5.40. The van der Waals surface area contributed by atoms with Gasteiger partial charge in [-0.25, -0.2) is 0 Å². The maximum atomic E-state index is 2.54. The minimum absolute atomic E-state index is 0. The van der Waals surface area contributed by atoms with Crippen LogP contribution in [0.2, 0.25) is 13.1 Å². The van der Waals surface area contributed by atoms with Crippen LogP contribution in [0.15, 0.2) is 81.1 Å². The average molecular weight is 481 g/mol. The maximum absolute atomic E-state index is 2.54. The Kier molecular flexibility index (Phi) is 6.39. The summed E-state index contributed by atoms with van der Waals surface area (Å²) in [5.41, 5.74) is 4.55. The van der Waals surface area contributed by atoms with Crippen LogP contribution in [0.1, 0.15) is 12.0 Å². The Morgan fingerprint density at radius 3 is 2.40 bits per heavy atom. The van der Waals surface area contributed by atoms with Crippen molar-refractivity contribution in [3.63, 3.8) is 0 Å². The van der Waals surface area contributed by atoms with Crippen molar-refractivity contribution in [2.24, 2.45) is 5.92 Å². The molecule has 0 saturated carbocycles. The van der Waals surface area contributed by atoms with Gasteiger partial charge in [-0.1, -0.05) is 83.8 Å². The van der Waals surface area contributed by atoms with E-state index in [0.717, 1.165) is 6.42 Å². The van der Waals surface area contributed by atoms with Crippen LogP contribution in [-0.4, -0.2) is 8.07 Å². The van der Waals surface area contributed by atoms with Gasteiger partial charge in [-0.2, -0.15) is 0 Å². The molecule has 1 saturated heterocycles. The minimum atomic E-state index is -1.43. The van der Waals surface area contributed by atoms with Gasteiger partial charge in [0.2, 0.25) is 0 Å². The predicted octanol–water partition coefficient (Wildman–Crippen LogP) is -0.353. The first kappa shape index (κ1) is 21.3. The largest absolute Gasteiger partial charge is 2.00 e. The van der Waals surface area contributed by atoms with Crippen LogP contribution >= 0.6 is 11.8 Å². The van der Waals surface area contributed by atoms with Crippen LogP contribution in [-0.2, 0) is 26.2 Å². The second-order valence-electron chi connectivity index (χ2n) is 6.97. The van der Waals surface area contributed by atoms with Crippen molar-refractivity contribution < 1.29 is 51.0 Å². The molecule has 1 atom stereocenters. The Labute approximate surface area is 186 Å². The van der Waals surface area contributed by atoms with Gasteiger partial charge < -0.3 is 24.8 Å². The second-order valence-corrected chi connectivity index (χ2v) is 12.4. The molecular weight excluding hydrogens is 463 g/mol. The molecule has 25 heavy (non-hydrogen) atoms. The van der Waals surface area contributed by atoms with E-state index < -0.39 is 8.07 Å². The van der Waals surface area contributed by atoms with E-state index >= 15 is 0 Å². The summed E-state index contributed by atoms with van der Waals surface area (Å²) in [7, 11) is -1.43. The number of allylic oxidation sites excluding steroid dienone is 9. The molecule has 1 fully saturated rings. The molecule has 2 aliphatic heterocycles. The molecule has 5 rings (SSSR count). The zero-order valence-electron chi connectivity index (χ0n) is 14.1. The van der Waals surface area contributed by atoms with Crippen molar-refractivity contribution >= 4 is 24.7 Å². The van der Waals surface area contributed by atoms with Crippen LogP contribution in [0.5, 0.6) is 0 Å². The number of hydrogen-bond acceptors (Lipinski definition) is 1. The molecule has 126 valence electrons. The molecule has 0 bridgehead atoms. The van der Waals surface area contributed by atoms with Gasteiger partial charge in [-0.3, -0.25) is 0 Å². The molecule has 2 heterocycles. The van der Waals surface area contributed by atoms with Crippen LogP contribution in [0.3, 0.4) is 0 Å². The quantitative estimate of drug-likeness (QED) is 0.522. The molecule has 1 aromatic rings. The second kappa shape index (κ2) is 7.52. The molecule has 0 aromatic heterocycles. The van der Waals surface area contributed by atoms with Gasteiger partial charge in [-0.15, -0.1) is 0 Å². The molecule has 0 N–H and O–H groups in total. The maximum Gasteiger partial charge on any atom is 2.00 e. The topological polar surface area (TPSA) is 0 Å². The fourth-order valence-corrected chi connectivity index (χ4v) is 10.5. The Bertz CT molecular complexity index is 863. The molecule has 0 amide bonds. The van der Waals surface area contributed by atoms with Crippen molar-refractivity contribution in [1.29, 1.82) is 0 Å². The summed E-state index contributed by atoms with van der Waals surface area (Å²) in [6.45, 7) is 5.09. The Balaban J connectivity index is 0.000000751. The number of halogens is 2. The summed E-state index contributed by atoms with van der Waals surface area (Å²) in [6, 6.07) is 11.0. The molecule has 4 aliphatic rings. The summed E-state index contributed by atoms with van der Waals surface area (Å²) in [5.74, 6) is 0.651. The normalized spacial score (nSPS) is 23.8. The molecular formula is C20H18Cl2SSiZr. The van der Waals surface area contributed by atoms with Crippen molar-refractivity contribution in [3.05, 3.63) is 86.6 Å². The first-order valence-corrected chi connectivity index (χ1v) is 11.8. The van der Waals surface area contributed by atoms with Crippen molar-refractivity contribution in [2.75, 3.05) is 0 Å². The van der Waals surface area contributed by atoms with E-state index in [4.69, 9.17) is 0 Å². The van der Waals surface area contributed by atoms with Crippen LogP contribution in [0.4, 0.5) is 0 Å². The standard InChI is InChI=1S/C20H18SSi.2ClH.Zr/c1-22(2)19-15(13-8-6-7-9-13)12-16-17(19)20(22)18(21-16)14-10-4-3-5-11-14;;;/h3-8,10-12,17H,9H2,1-2H3;2*1H;/q;;;+2/p-2. The average Bonchev–Trinajstić information content (AvgIpc) is 3.19. The molecule has 5 heteroatoms. The van der Waals surface area contributed by atoms with Crippen molar-refractivity contribution in [1.82, 2.24) is 0 Å². The van der Waals surface area contributed by atoms with Gasteiger partial charge in [0, 0.05) is 15.7 Å². The zero-order chi connectivity index (χ0) is 14.9.